The van der Waals surface area contributed by atoms with Crippen LogP contribution in [0.15, 0.2) is 53.4 Å². The second-order valence-corrected chi connectivity index (χ2v) is 9.38. The molecule has 0 spiro atoms. The Bertz CT molecular complexity index is 904. The van der Waals surface area contributed by atoms with Gasteiger partial charge >= 0.3 is 5.97 Å². The number of carboxylic acid groups (broad SMARTS) is 1. The molecule has 1 fully saturated rings. The Kier molecular flexibility index (Phi) is 6.75. The maximum Gasteiger partial charge on any atom is 0.305 e. The van der Waals surface area contributed by atoms with E-state index in [0.29, 0.717) is 16.5 Å². The monoisotopic (exact) mass is 421 g/mol. The van der Waals surface area contributed by atoms with Gasteiger partial charge in [-0.15, -0.1) is 0 Å². The Morgan fingerprint density at radius 3 is 2.21 bits per heavy atom. The summed E-state index contributed by atoms with van der Waals surface area (Å²) in [4.78, 5) is 11.4. The van der Waals surface area contributed by atoms with Crippen LogP contribution in [-0.2, 0) is 14.8 Å². The largest absolute Gasteiger partial charge is 0.481 e. The van der Waals surface area contributed by atoms with E-state index in [1.165, 1.54) is 24.8 Å². The SMILES string of the molecule is O=C(O)C[C@@H](NS(=O)(=O)c1ccc(C2CCCCC2)cc1)c1ccc(Cl)cc1. The number of rotatable bonds is 7. The minimum absolute atomic E-state index is 0.136. The van der Waals surface area contributed by atoms with Crippen LogP contribution in [0.25, 0.3) is 0 Å². The van der Waals surface area contributed by atoms with Crippen molar-refractivity contribution in [3.63, 3.8) is 0 Å². The summed E-state index contributed by atoms with van der Waals surface area (Å²) in [6.07, 6.45) is 5.61. The fourth-order valence-electron chi connectivity index (χ4n) is 3.71. The summed E-state index contributed by atoms with van der Waals surface area (Å²) in [6, 6.07) is 12.6. The highest BCUT2D eigenvalue weighted by Gasteiger charge is 2.24. The Labute approximate surface area is 170 Å². The first-order chi connectivity index (χ1) is 13.3. The fourth-order valence-corrected chi connectivity index (χ4v) is 5.06. The molecule has 2 N–H and O–H groups in total. The van der Waals surface area contributed by atoms with Crippen LogP contribution in [0.2, 0.25) is 5.02 Å². The smallest absolute Gasteiger partial charge is 0.305 e. The molecule has 0 bridgehead atoms. The van der Waals surface area contributed by atoms with Gasteiger partial charge in [0.1, 0.15) is 0 Å². The normalized spacial score (nSPS) is 16.6. The molecule has 2 aromatic rings. The van der Waals surface area contributed by atoms with Gasteiger partial charge in [0.15, 0.2) is 0 Å². The Morgan fingerprint density at radius 1 is 1.04 bits per heavy atom. The number of hydrogen-bond acceptors (Lipinski definition) is 3. The molecule has 5 nitrogen and oxygen atoms in total. The standard InChI is InChI=1S/C21H24ClNO4S/c22-18-10-6-17(7-11-18)20(14-21(24)25)23-28(26,27)19-12-8-16(9-13-19)15-4-2-1-3-5-15/h6-13,15,20,23H,1-5,14H2,(H,24,25)/t20-/m1/s1. The van der Waals surface area contributed by atoms with Crippen LogP contribution in [0, 0.1) is 0 Å². The van der Waals surface area contributed by atoms with Crippen molar-refractivity contribution in [2.75, 3.05) is 0 Å². The summed E-state index contributed by atoms with van der Waals surface area (Å²) in [7, 11) is -3.86. The molecule has 28 heavy (non-hydrogen) atoms. The molecular formula is C21H24ClNO4S. The van der Waals surface area contributed by atoms with Crippen molar-refractivity contribution in [3.8, 4) is 0 Å². The molecule has 7 heteroatoms. The number of halogens is 1. The van der Waals surface area contributed by atoms with Crippen molar-refractivity contribution in [1.29, 1.82) is 0 Å². The first-order valence-corrected chi connectivity index (χ1v) is 11.3. The number of benzene rings is 2. The van der Waals surface area contributed by atoms with Crippen molar-refractivity contribution in [2.45, 2.75) is 55.4 Å². The number of carboxylic acids is 1. The molecule has 0 saturated heterocycles. The number of nitrogens with one attached hydrogen (secondary N) is 1. The minimum Gasteiger partial charge on any atom is -0.481 e. The molecule has 150 valence electrons. The fraction of sp³-hybridized carbons (Fsp3) is 0.381. The predicted octanol–water partition coefficient (Wildman–Crippen LogP) is 4.88. The van der Waals surface area contributed by atoms with Crippen LogP contribution in [0.3, 0.4) is 0 Å². The van der Waals surface area contributed by atoms with Crippen molar-refractivity contribution in [3.05, 3.63) is 64.7 Å². The maximum absolute atomic E-state index is 12.8. The van der Waals surface area contributed by atoms with Gasteiger partial charge in [0.2, 0.25) is 10.0 Å². The van der Waals surface area contributed by atoms with Gasteiger partial charge in [-0.05, 0) is 54.2 Å². The van der Waals surface area contributed by atoms with Crippen molar-refractivity contribution in [1.82, 2.24) is 4.72 Å². The molecule has 1 aliphatic carbocycles. The summed E-state index contributed by atoms with van der Waals surface area (Å²) in [6.45, 7) is 0. The lowest BCUT2D eigenvalue weighted by molar-refractivity contribution is -0.137. The molecular weight excluding hydrogens is 398 g/mol. The van der Waals surface area contributed by atoms with Gasteiger partial charge in [0.25, 0.3) is 0 Å². The average Bonchev–Trinajstić information content (AvgIpc) is 2.68. The molecule has 0 heterocycles. The van der Waals surface area contributed by atoms with Crippen molar-refractivity contribution < 1.29 is 18.3 Å². The Hall–Kier alpha value is -1.89. The lowest BCUT2D eigenvalue weighted by Gasteiger charge is -2.22. The van der Waals surface area contributed by atoms with Gasteiger partial charge in [-0.3, -0.25) is 4.79 Å². The molecule has 1 aliphatic rings. The van der Waals surface area contributed by atoms with Gasteiger partial charge in [-0.1, -0.05) is 55.1 Å². The van der Waals surface area contributed by atoms with E-state index >= 15 is 0 Å². The van der Waals surface area contributed by atoms with Crippen LogP contribution < -0.4 is 4.72 Å². The van der Waals surface area contributed by atoms with E-state index in [-0.39, 0.29) is 11.3 Å². The van der Waals surface area contributed by atoms with E-state index in [1.54, 1.807) is 36.4 Å². The first kappa shape index (κ1) is 20.8. The second-order valence-electron chi connectivity index (χ2n) is 7.23. The van der Waals surface area contributed by atoms with E-state index in [0.717, 1.165) is 12.8 Å². The van der Waals surface area contributed by atoms with E-state index in [9.17, 15) is 18.3 Å². The molecule has 0 aromatic heterocycles. The summed E-state index contributed by atoms with van der Waals surface area (Å²) in [5.41, 5.74) is 1.72. The first-order valence-electron chi connectivity index (χ1n) is 9.45. The van der Waals surface area contributed by atoms with Crippen molar-refractivity contribution >= 4 is 27.6 Å². The Balaban J connectivity index is 1.79. The zero-order chi connectivity index (χ0) is 20.1. The van der Waals surface area contributed by atoms with Crippen LogP contribution >= 0.6 is 11.6 Å². The third-order valence-corrected chi connectivity index (χ3v) is 6.96. The molecule has 1 saturated carbocycles. The maximum atomic E-state index is 12.8. The minimum atomic E-state index is -3.86. The molecule has 0 aliphatic heterocycles. The number of carbonyl (C=O) groups is 1. The van der Waals surface area contributed by atoms with Gasteiger partial charge in [0, 0.05) is 5.02 Å². The van der Waals surface area contributed by atoms with Crippen LogP contribution in [0.4, 0.5) is 0 Å². The molecule has 3 rings (SSSR count). The summed E-state index contributed by atoms with van der Waals surface area (Å²) in [5.74, 6) is -0.595. The number of hydrogen-bond donors (Lipinski definition) is 2. The van der Waals surface area contributed by atoms with Crippen LogP contribution in [0.1, 0.15) is 61.6 Å². The topological polar surface area (TPSA) is 83.5 Å². The van der Waals surface area contributed by atoms with Gasteiger partial charge in [0.05, 0.1) is 17.4 Å². The van der Waals surface area contributed by atoms with Crippen molar-refractivity contribution in [2.24, 2.45) is 0 Å². The highest BCUT2D eigenvalue weighted by molar-refractivity contribution is 7.89. The number of sulfonamides is 1. The van der Waals surface area contributed by atoms with Gasteiger partial charge in [-0.25, -0.2) is 13.1 Å². The van der Waals surface area contributed by atoms with E-state index in [4.69, 9.17) is 11.6 Å². The molecule has 2 aromatic carbocycles. The third kappa shape index (κ3) is 5.34. The van der Waals surface area contributed by atoms with Gasteiger partial charge < -0.3 is 5.11 Å². The summed E-state index contributed by atoms with van der Waals surface area (Å²) >= 11 is 5.87. The zero-order valence-corrected chi connectivity index (χ0v) is 17.0. The van der Waals surface area contributed by atoms with E-state index in [1.807, 2.05) is 12.1 Å². The molecule has 0 unspecified atom stereocenters. The zero-order valence-electron chi connectivity index (χ0n) is 15.5. The quantitative estimate of drug-likeness (QED) is 0.667. The lowest BCUT2D eigenvalue weighted by Crippen LogP contribution is -2.30. The van der Waals surface area contributed by atoms with E-state index in [2.05, 4.69) is 4.72 Å². The predicted molar refractivity (Wildman–Crippen MR) is 109 cm³/mol. The lowest BCUT2D eigenvalue weighted by atomic mass is 9.84. The highest BCUT2D eigenvalue weighted by Crippen LogP contribution is 2.33. The third-order valence-electron chi connectivity index (χ3n) is 5.22. The highest BCUT2D eigenvalue weighted by atomic mass is 35.5. The summed E-state index contributed by atoms with van der Waals surface area (Å²) < 4.78 is 28.2. The van der Waals surface area contributed by atoms with Crippen LogP contribution in [-0.4, -0.2) is 19.5 Å². The molecule has 0 radical (unpaired) electrons. The number of aliphatic carboxylic acids is 1. The van der Waals surface area contributed by atoms with Crippen LogP contribution in [0.5, 0.6) is 0 Å². The second kappa shape index (κ2) is 9.07. The average molecular weight is 422 g/mol. The molecule has 0 amide bonds. The van der Waals surface area contributed by atoms with Gasteiger partial charge in [-0.2, -0.15) is 0 Å². The van der Waals surface area contributed by atoms with E-state index < -0.39 is 22.0 Å². The molecule has 1 atom stereocenters. The Morgan fingerprint density at radius 2 is 1.64 bits per heavy atom. The summed E-state index contributed by atoms with van der Waals surface area (Å²) in [5, 5.41) is 9.69.